The van der Waals surface area contributed by atoms with Crippen LogP contribution in [0.5, 0.6) is 0 Å². The van der Waals surface area contributed by atoms with E-state index in [0.29, 0.717) is 0 Å². The Balaban J connectivity index is 2.41. The van der Waals surface area contributed by atoms with Gasteiger partial charge in [-0.05, 0) is 25.0 Å². The van der Waals surface area contributed by atoms with Crippen molar-refractivity contribution in [3.63, 3.8) is 0 Å². The average molecular weight is 294 g/mol. The van der Waals surface area contributed by atoms with Gasteiger partial charge in [0.1, 0.15) is 5.82 Å². The van der Waals surface area contributed by atoms with Crippen LogP contribution in [0, 0.1) is 11.7 Å². The predicted octanol–water partition coefficient (Wildman–Crippen LogP) is 3.10. The molecule has 0 saturated heterocycles. The van der Waals surface area contributed by atoms with E-state index in [9.17, 15) is 14.0 Å². The maximum Gasteiger partial charge on any atom is 0.243 e. The molecule has 0 saturated carbocycles. The van der Waals surface area contributed by atoms with E-state index in [2.05, 4.69) is 17.6 Å². The van der Waals surface area contributed by atoms with E-state index in [1.54, 1.807) is 12.1 Å². The second kappa shape index (κ2) is 9.10. The molecule has 0 aliphatic carbocycles. The van der Waals surface area contributed by atoms with Crippen molar-refractivity contribution in [3.05, 3.63) is 30.1 Å². The van der Waals surface area contributed by atoms with Crippen LogP contribution in [0.2, 0.25) is 0 Å². The number of amides is 2. The van der Waals surface area contributed by atoms with Gasteiger partial charge in [0.25, 0.3) is 0 Å². The summed E-state index contributed by atoms with van der Waals surface area (Å²) in [5.41, 5.74) is 0.120. The Morgan fingerprint density at radius 1 is 1.24 bits per heavy atom. The van der Waals surface area contributed by atoms with E-state index in [0.717, 1.165) is 25.7 Å². The summed E-state index contributed by atoms with van der Waals surface area (Å²) < 4.78 is 13.4. The van der Waals surface area contributed by atoms with Gasteiger partial charge in [-0.1, -0.05) is 38.8 Å². The number of carbonyl (C=O) groups excluding carboxylic acids is 2. The summed E-state index contributed by atoms with van der Waals surface area (Å²) in [5.74, 6) is -1.11. The van der Waals surface area contributed by atoms with Gasteiger partial charge in [0.2, 0.25) is 11.8 Å². The molecular formula is C16H23FN2O2. The molecule has 0 fully saturated rings. The first-order valence-electron chi connectivity index (χ1n) is 7.40. The summed E-state index contributed by atoms with van der Waals surface area (Å²) in [7, 11) is 0. The number of para-hydroxylation sites is 1. The molecule has 116 valence electrons. The molecule has 21 heavy (non-hydrogen) atoms. The molecule has 1 atom stereocenters. The van der Waals surface area contributed by atoms with E-state index in [-0.39, 0.29) is 24.1 Å². The summed E-state index contributed by atoms with van der Waals surface area (Å²) in [6.07, 6.45) is 3.61. The lowest BCUT2D eigenvalue weighted by atomic mass is 9.98. The largest absolute Gasteiger partial charge is 0.347 e. The van der Waals surface area contributed by atoms with Crippen LogP contribution in [0.25, 0.3) is 0 Å². The number of benzene rings is 1. The molecular weight excluding hydrogens is 271 g/mol. The summed E-state index contributed by atoms with van der Waals surface area (Å²) in [6, 6.07) is 5.93. The Kier molecular flexibility index (Phi) is 7.43. The Morgan fingerprint density at radius 3 is 2.57 bits per heavy atom. The average Bonchev–Trinajstić information content (AvgIpc) is 2.48. The zero-order valence-corrected chi connectivity index (χ0v) is 12.6. The Morgan fingerprint density at radius 2 is 1.95 bits per heavy atom. The van der Waals surface area contributed by atoms with Gasteiger partial charge in [-0.2, -0.15) is 0 Å². The third-order valence-corrected chi connectivity index (χ3v) is 3.34. The maximum atomic E-state index is 13.4. The number of nitrogens with one attached hydrogen (secondary N) is 2. The van der Waals surface area contributed by atoms with Gasteiger partial charge < -0.3 is 10.6 Å². The summed E-state index contributed by atoms with van der Waals surface area (Å²) >= 11 is 0. The number of unbranched alkanes of at least 4 members (excludes halogenated alkanes) is 1. The molecule has 4 nitrogen and oxygen atoms in total. The first-order chi connectivity index (χ1) is 10.1. The lowest BCUT2D eigenvalue weighted by Gasteiger charge is -2.14. The molecule has 5 heteroatoms. The minimum Gasteiger partial charge on any atom is -0.347 e. The van der Waals surface area contributed by atoms with E-state index < -0.39 is 11.7 Å². The van der Waals surface area contributed by atoms with Crippen LogP contribution in [0.4, 0.5) is 10.1 Å². The van der Waals surface area contributed by atoms with Crippen molar-refractivity contribution in [2.75, 3.05) is 11.9 Å². The van der Waals surface area contributed by atoms with Gasteiger partial charge >= 0.3 is 0 Å². The van der Waals surface area contributed by atoms with Crippen molar-refractivity contribution in [1.82, 2.24) is 5.32 Å². The zero-order valence-electron chi connectivity index (χ0n) is 12.6. The Hall–Kier alpha value is -1.91. The van der Waals surface area contributed by atoms with Crippen LogP contribution >= 0.6 is 0 Å². The number of rotatable bonds is 8. The van der Waals surface area contributed by atoms with E-state index >= 15 is 0 Å². The number of carbonyl (C=O) groups is 2. The Labute approximate surface area is 125 Å². The SMILES string of the molecule is CCCC[C@@H](CC)C(=O)NCC(=O)Nc1ccccc1F. The third kappa shape index (κ3) is 5.94. The first-order valence-corrected chi connectivity index (χ1v) is 7.40. The van der Waals surface area contributed by atoms with Gasteiger partial charge in [0.15, 0.2) is 0 Å². The minimum atomic E-state index is -0.494. The number of halogens is 1. The summed E-state index contributed by atoms with van der Waals surface area (Å²) in [6.45, 7) is 3.89. The Bertz CT molecular complexity index is 477. The second-order valence-corrected chi connectivity index (χ2v) is 4.99. The summed E-state index contributed by atoms with van der Waals surface area (Å²) in [4.78, 5) is 23.6. The van der Waals surface area contributed by atoms with E-state index in [1.807, 2.05) is 6.92 Å². The van der Waals surface area contributed by atoms with Gasteiger partial charge in [-0.15, -0.1) is 0 Å². The molecule has 0 bridgehead atoms. The minimum absolute atomic E-state index is 0.0637. The van der Waals surface area contributed by atoms with E-state index in [1.165, 1.54) is 12.1 Å². The fourth-order valence-electron chi connectivity index (χ4n) is 2.04. The van der Waals surface area contributed by atoms with Crippen LogP contribution in [-0.2, 0) is 9.59 Å². The lowest BCUT2D eigenvalue weighted by Crippen LogP contribution is -2.36. The van der Waals surface area contributed by atoms with Crippen molar-refractivity contribution < 1.29 is 14.0 Å². The molecule has 0 aliphatic heterocycles. The van der Waals surface area contributed by atoms with Crippen molar-refractivity contribution in [2.24, 2.45) is 5.92 Å². The quantitative estimate of drug-likeness (QED) is 0.774. The molecule has 0 aliphatic rings. The smallest absolute Gasteiger partial charge is 0.243 e. The van der Waals surface area contributed by atoms with Crippen molar-refractivity contribution in [2.45, 2.75) is 39.5 Å². The highest BCUT2D eigenvalue weighted by Crippen LogP contribution is 2.13. The van der Waals surface area contributed by atoms with Crippen molar-refractivity contribution in [1.29, 1.82) is 0 Å². The molecule has 0 spiro atoms. The van der Waals surface area contributed by atoms with E-state index in [4.69, 9.17) is 0 Å². The van der Waals surface area contributed by atoms with Gasteiger partial charge in [-0.25, -0.2) is 4.39 Å². The highest BCUT2D eigenvalue weighted by atomic mass is 19.1. The highest BCUT2D eigenvalue weighted by Gasteiger charge is 2.16. The number of hydrogen-bond donors (Lipinski definition) is 2. The van der Waals surface area contributed by atoms with Crippen LogP contribution in [0.1, 0.15) is 39.5 Å². The monoisotopic (exact) mass is 294 g/mol. The molecule has 1 aromatic rings. The fraction of sp³-hybridized carbons (Fsp3) is 0.500. The van der Waals surface area contributed by atoms with Gasteiger partial charge in [0.05, 0.1) is 12.2 Å². The van der Waals surface area contributed by atoms with Crippen LogP contribution < -0.4 is 10.6 Å². The maximum absolute atomic E-state index is 13.4. The molecule has 1 aromatic carbocycles. The topological polar surface area (TPSA) is 58.2 Å². The van der Waals surface area contributed by atoms with Crippen molar-refractivity contribution >= 4 is 17.5 Å². The van der Waals surface area contributed by atoms with Crippen molar-refractivity contribution in [3.8, 4) is 0 Å². The predicted molar refractivity (Wildman–Crippen MR) is 81.3 cm³/mol. The number of hydrogen-bond acceptors (Lipinski definition) is 2. The molecule has 0 unspecified atom stereocenters. The van der Waals surface area contributed by atoms with Gasteiger partial charge in [-0.3, -0.25) is 9.59 Å². The van der Waals surface area contributed by atoms with Crippen LogP contribution in [0.3, 0.4) is 0 Å². The standard InChI is InChI=1S/C16H23FN2O2/c1-3-5-8-12(4-2)16(21)18-11-15(20)19-14-10-7-6-9-13(14)17/h6-7,9-10,12H,3-5,8,11H2,1-2H3,(H,18,21)(H,19,20)/t12-/m1/s1. The van der Waals surface area contributed by atoms with Gasteiger partial charge in [0, 0.05) is 5.92 Å². The zero-order chi connectivity index (χ0) is 15.7. The highest BCUT2D eigenvalue weighted by molar-refractivity contribution is 5.94. The summed E-state index contributed by atoms with van der Waals surface area (Å²) in [5, 5.41) is 5.05. The third-order valence-electron chi connectivity index (χ3n) is 3.34. The normalized spacial score (nSPS) is 11.8. The molecule has 2 amide bonds. The molecule has 1 rings (SSSR count). The fourth-order valence-corrected chi connectivity index (χ4v) is 2.04. The lowest BCUT2D eigenvalue weighted by molar-refractivity contribution is -0.127. The second-order valence-electron chi connectivity index (χ2n) is 4.99. The molecule has 0 heterocycles. The first kappa shape index (κ1) is 17.1. The number of anilines is 1. The van der Waals surface area contributed by atoms with Crippen LogP contribution in [0.15, 0.2) is 24.3 Å². The molecule has 0 radical (unpaired) electrons. The molecule has 2 N–H and O–H groups in total. The van der Waals surface area contributed by atoms with Crippen LogP contribution in [-0.4, -0.2) is 18.4 Å². The molecule has 0 aromatic heterocycles.